The number of carbonyl (C=O) groups is 1. The summed E-state index contributed by atoms with van der Waals surface area (Å²) in [6, 6.07) is 22.9. The Labute approximate surface area is 192 Å². The van der Waals surface area contributed by atoms with Crippen molar-refractivity contribution in [2.24, 2.45) is 5.16 Å². The molecule has 0 saturated heterocycles. The quantitative estimate of drug-likeness (QED) is 0.239. The first-order valence-electron chi connectivity index (χ1n) is 10.8. The smallest absolute Gasteiger partial charge is 0.407 e. The van der Waals surface area contributed by atoms with Crippen molar-refractivity contribution in [2.75, 3.05) is 13.2 Å². The lowest BCUT2D eigenvalue weighted by atomic mass is 9.98. The van der Waals surface area contributed by atoms with Crippen molar-refractivity contribution in [3.63, 3.8) is 0 Å². The van der Waals surface area contributed by atoms with Gasteiger partial charge in [0.05, 0.1) is 12.3 Å². The van der Waals surface area contributed by atoms with Crippen LogP contribution in [0.15, 0.2) is 78.0 Å². The zero-order valence-corrected chi connectivity index (χ0v) is 18.0. The summed E-state index contributed by atoms with van der Waals surface area (Å²) in [6.45, 7) is 0.358. The Morgan fingerprint density at radius 1 is 1.00 bits per heavy atom. The van der Waals surface area contributed by atoms with Gasteiger partial charge >= 0.3 is 6.09 Å². The van der Waals surface area contributed by atoms with Gasteiger partial charge in [-0.2, -0.15) is 0 Å². The first-order chi connectivity index (χ1) is 16.1. The van der Waals surface area contributed by atoms with Gasteiger partial charge in [-0.3, -0.25) is 0 Å². The number of rotatable bonds is 8. The first kappa shape index (κ1) is 22.5. The molecule has 0 bridgehead atoms. The number of carbonyl (C=O) groups excluding carboxylic acids is 1. The molecule has 0 heterocycles. The summed E-state index contributed by atoms with van der Waals surface area (Å²) in [4.78, 5) is 12.2. The highest BCUT2D eigenvalue weighted by Crippen LogP contribution is 2.44. The van der Waals surface area contributed by atoms with E-state index in [4.69, 9.17) is 9.94 Å². The Kier molecular flexibility index (Phi) is 7.02. The van der Waals surface area contributed by atoms with Crippen LogP contribution in [0.5, 0.6) is 0 Å². The van der Waals surface area contributed by atoms with Gasteiger partial charge in [0.15, 0.2) is 0 Å². The third kappa shape index (κ3) is 5.05. The second kappa shape index (κ2) is 10.3. The molecule has 0 aromatic heterocycles. The average molecular weight is 447 g/mol. The number of ether oxygens (including phenoxy) is 1. The molecule has 1 aliphatic carbocycles. The Hall–Kier alpha value is -3.68. The summed E-state index contributed by atoms with van der Waals surface area (Å²) >= 11 is 0. The van der Waals surface area contributed by atoms with E-state index in [9.17, 15) is 15.0 Å². The molecule has 170 valence electrons. The van der Waals surface area contributed by atoms with Crippen molar-refractivity contribution < 1.29 is 25.0 Å². The van der Waals surface area contributed by atoms with Crippen molar-refractivity contribution in [1.29, 1.82) is 0 Å². The summed E-state index contributed by atoms with van der Waals surface area (Å²) < 4.78 is 5.48. The second-order valence-corrected chi connectivity index (χ2v) is 7.97. The number of aliphatic hydroxyl groups is 2. The Morgan fingerprint density at radius 3 is 2.33 bits per heavy atom. The molecule has 1 amide bonds. The monoisotopic (exact) mass is 446 g/mol. The fraction of sp³-hybridized carbons (Fsp3) is 0.231. The Balaban J connectivity index is 1.28. The highest BCUT2D eigenvalue weighted by molar-refractivity contribution is 5.79. The minimum atomic E-state index is -1.14. The van der Waals surface area contributed by atoms with Crippen molar-refractivity contribution in [3.05, 3.63) is 95.1 Å². The van der Waals surface area contributed by atoms with E-state index in [2.05, 4.69) is 34.7 Å². The van der Waals surface area contributed by atoms with Crippen LogP contribution in [0.1, 0.15) is 40.7 Å². The van der Waals surface area contributed by atoms with Crippen LogP contribution in [0.2, 0.25) is 0 Å². The predicted octanol–water partition coefficient (Wildman–Crippen LogP) is 3.82. The molecule has 0 aliphatic heterocycles. The molecule has 33 heavy (non-hydrogen) atoms. The molecule has 4 N–H and O–H groups in total. The minimum absolute atomic E-state index is 0.0229. The number of nitrogens with one attached hydrogen (secondary N) is 1. The summed E-state index contributed by atoms with van der Waals surface area (Å²) in [5.41, 5.74) is 5.68. The SMILES string of the molecule is O=C(NCCC(O)C(O)c1cccc(C=NO)c1)OCC1c2ccccc2-c2ccccc21. The number of oxime groups is 1. The van der Waals surface area contributed by atoms with Gasteiger partial charge in [0.2, 0.25) is 0 Å². The second-order valence-electron chi connectivity index (χ2n) is 7.97. The number of aliphatic hydroxyl groups excluding tert-OH is 2. The van der Waals surface area contributed by atoms with Gasteiger partial charge in [0.1, 0.15) is 12.7 Å². The van der Waals surface area contributed by atoms with Crippen LogP contribution in [0.3, 0.4) is 0 Å². The molecular weight excluding hydrogens is 420 g/mol. The molecule has 0 fully saturated rings. The van der Waals surface area contributed by atoms with Crippen LogP contribution in [-0.4, -0.2) is 47.0 Å². The van der Waals surface area contributed by atoms with Gasteiger partial charge < -0.3 is 25.5 Å². The van der Waals surface area contributed by atoms with E-state index in [0.29, 0.717) is 11.1 Å². The van der Waals surface area contributed by atoms with Crippen molar-refractivity contribution >= 4 is 12.3 Å². The summed E-state index contributed by atoms with van der Waals surface area (Å²) in [7, 11) is 0. The van der Waals surface area contributed by atoms with Crippen molar-refractivity contribution in [1.82, 2.24) is 5.32 Å². The van der Waals surface area contributed by atoms with Crippen LogP contribution in [0.4, 0.5) is 4.79 Å². The molecule has 0 saturated carbocycles. The number of benzene rings is 3. The molecule has 1 aliphatic rings. The number of fused-ring (bicyclic) bond motifs is 3. The zero-order chi connectivity index (χ0) is 23.2. The molecule has 0 radical (unpaired) electrons. The van der Waals surface area contributed by atoms with Gasteiger partial charge in [-0.15, -0.1) is 0 Å². The van der Waals surface area contributed by atoms with Crippen LogP contribution >= 0.6 is 0 Å². The van der Waals surface area contributed by atoms with E-state index in [1.807, 2.05) is 24.3 Å². The van der Waals surface area contributed by atoms with E-state index >= 15 is 0 Å². The van der Waals surface area contributed by atoms with Crippen molar-refractivity contribution in [2.45, 2.75) is 24.5 Å². The average Bonchev–Trinajstić information content (AvgIpc) is 3.16. The van der Waals surface area contributed by atoms with Crippen molar-refractivity contribution in [3.8, 4) is 11.1 Å². The molecule has 3 aromatic carbocycles. The lowest BCUT2D eigenvalue weighted by Gasteiger charge is -2.19. The van der Waals surface area contributed by atoms with E-state index in [1.54, 1.807) is 24.3 Å². The van der Waals surface area contributed by atoms with Gasteiger partial charge in [0.25, 0.3) is 0 Å². The van der Waals surface area contributed by atoms with Crippen LogP contribution in [-0.2, 0) is 4.74 Å². The molecule has 3 aromatic rings. The van der Waals surface area contributed by atoms with Gasteiger partial charge in [0, 0.05) is 12.5 Å². The maximum atomic E-state index is 12.2. The minimum Gasteiger partial charge on any atom is -0.449 e. The third-order valence-corrected chi connectivity index (χ3v) is 5.88. The highest BCUT2D eigenvalue weighted by atomic mass is 16.5. The molecule has 2 unspecified atom stereocenters. The number of amides is 1. The van der Waals surface area contributed by atoms with E-state index in [-0.39, 0.29) is 25.5 Å². The van der Waals surface area contributed by atoms with E-state index < -0.39 is 18.3 Å². The number of hydrogen-bond donors (Lipinski definition) is 4. The normalized spacial score (nSPS) is 14.5. The standard InChI is InChI=1S/C26H26N2O5/c29-24(25(30)18-7-5-6-17(14-18)15-28-32)12-13-27-26(31)33-16-23-21-10-3-1-8-19(21)20-9-2-4-11-22(20)23/h1-11,14-15,23-25,29-30,32H,12-13,16H2,(H,27,31). The molecule has 0 spiro atoms. The topological polar surface area (TPSA) is 111 Å². The molecule has 4 rings (SSSR count). The predicted molar refractivity (Wildman–Crippen MR) is 124 cm³/mol. The largest absolute Gasteiger partial charge is 0.449 e. The fourth-order valence-corrected chi connectivity index (χ4v) is 4.24. The van der Waals surface area contributed by atoms with Crippen LogP contribution in [0.25, 0.3) is 11.1 Å². The fourth-order valence-electron chi connectivity index (χ4n) is 4.24. The van der Waals surface area contributed by atoms with Crippen LogP contribution in [0, 0.1) is 0 Å². The summed E-state index contributed by atoms with van der Waals surface area (Å²) in [6.07, 6.45) is -1.41. The zero-order valence-electron chi connectivity index (χ0n) is 18.0. The summed E-state index contributed by atoms with van der Waals surface area (Å²) in [5.74, 6) is -0.0229. The third-order valence-electron chi connectivity index (χ3n) is 5.88. The maximum Gasteiger partial charge on any atom is 0.407 e. The molecule has 7 heteroatoms. The van der Waals surface area contributed by atoms with Crippen LogP contribution < -0.4 is 5.32 Å². The number of alkyl carbamates (subject to hydrolysis) is 1. The van der Waals surface area contributed by atoms with E-state index in [1.165, 1.54) is 6.21 Å². The highest BCUT2D eigenvalue weighted by Gasteiger charge is 2.29. The number of hydrogen-bond acceptors (Lipinski definition) is 6. The van der Waals surface area contributed by atoms with Gasteiger partial charge in [-0.25, -0.2) is 4.79 Å². The van der Waals surface area contributed by atoms with E-state index in [0.717, 1.165) is 22.3 Å². The first-order valence-corrected chi connectivity index (χ1v) is 10.8. The molecule has 2 atom stereocenters. The lowest BCUT2D eigenvalue weighted by Crippen LogP contribution is -2.30. The Morgan fingerprint density at radius 2 is 1.67 bits per heavy atom. The summed E-state index contributed by atoms with van der Waals surface area (Å²) in [5, 5.41) is 34.9. The lowest BCUT2D eigenvalue weighted by molar-refractivity contribution is 0.0136. The maximum absolute atomic E-state index is 12.2. The molecule has 7 nitrogen and oxygen atoms in total. The Bertz CT molecular complexity index is 1100. The van der Waals surface area contributed by atoms with Gasteiger partial charge in [-0.05, 0) is 45.9 Å². The number of nitrogens with zero attached hydrogens (tertiary/aromatic N) is 1. The van der Waals surface area contributed by atoms with Gasteiger partial charge in [-0.1, -0.05) is 71.9 Å². The molecular formula is C26H26N2O5.